The number of halogens is 1. The van der Waals surface area contributed by atoms with Crippen LogP contribution in [0.2, 0.25) is 0 Å². The van der Waals surface area contributed by atoms with E-state index in [0.29, 0.717) is 11.3 Å². The minimum atomic E-state index is -0.509. The zero-order valence-electron chi connectivity index (χ0n) is 10.4. The lowest BCUT2D eigenvalue weighted by atomic mass is 10.2. The second kappa shape index (κ2) is 5.44. The summed E-state index contributed by atoms with van der Waals surface area (Å²) in [6.07, 6.45) is 0. The average Bonchev–Trinajstić information content (AvgIpc) is 2.78. The van der Waals surface area contributed by atoms with E-state index in [0.717, 1.165) is 9.86 Å². The van der Waals surface area contributed by atoms with Crippen LogP contribution in [0.3, 0.4) is 0 Å². The number of methoxy groups -OCH3 is 1. The molecule has 0 aliphatic heterocycles. The van der Waals surface area contributed by atoms with E-state index in [2.05, 4.69) is 20.7 Å². The lowest BCUT2D eigenvalue weighted by Gasteiger charge is -2.01. The van der Waals surface area contributed by atoms with Crippen LogP contribution in [0.25, 0.3) is 11.0 Å². The van der Waals surface area contributed by atoms with E-state index in [1.165, 1.54) is 14.0 Å². The van der Waals surface area contributed by atoms with Gasteiger partial charge in [-0.15, -0.1) is 0 Å². The summed E-state index contributed by atoms with van der Waals surface area (Å²) < 4.78 is 16.1. The Labute approximate surface area is 117 Å². The second-order valence-electron chi connectivity index (χ2n) is 3.84. The van der Waals surface area contributed by atoms with Gasteiger partial charge in [-0.05, 0) is 18.2 Å². The molecular formula is C13H11BrO5. The molecule has 1 heterocycles. The highest BCUT2D eigenvalue weighted by Crippen LogP contribution is 2.32. The Bertz CT molecular complexity index is 644. The molecule has 0 spiro atoms. The lowest BCUT2D eigenvalue weighted by molar-refractivity contribution is -0.139. The number of hydrogen-bond acceptors (Lipinski definition) is 5. The number of hydrogen-bond donors (Lipinski definition) is 0. The predicted octanol–water partition coefficient (Wildman–Crippen LogP) is 2.95. The molecule has 100 valence electrons. The molecule has 0 aliphatic rings. The summed E-state index contributed by atoms with van der Waals surface area (Å²) in [6.45, 7) is 0.907. The highest BCUT2D eigenvalue weighted by Gasteiger charge is 2.16. The van der Waals surface area contributed by atoms with Crippen molar-refractivity contribution in [2.45, 2.75) is 6.92 Å². The molecule has 2 aromatic rings. The van der Waals surface area contributed by atoms with Crippen LogP contribution in [-0.4, -0.2) is 25.5 Å². The minimum Gasteiger partial charge on any atom is -0.493 e. The number of esters is 1. The fourth-order valence-electron chi connectivity index (χ4n) is 1.61. The van der Waals surface area contributed by atoms with Crippen LogP contribution >= 0.6 is 15.9 Å². The number of carbonyl (C=O) groups excluding carboxylic acids is 2. The van der Waals surface area contributed by atoms with E-state index in [9.17, 15) is 9.59 Å². The van der Waals surface area contributed by atoms with Gasteiger partial charge in [0, 0.05) is 16.8 Å². The third kappa shape index (κ3) is 2.96. The number of rotatable bonds is 4. The molecule has 0 aliphatic carbocycles. The highest BCUT2D eigenvalue weighted by molar-refractivity contribution is 9.10. The van der Waals surface area contributed by atoms with Gasteiger partial charge >= 0.3 is 5.97 Å². The molecule has 0 bridgehead atoms. The monoisotopic (exact) mass is 326 g/mol. The van der Waals surface area contributed by atoms with Gasteiger partial charge in [-0.3, -0.25) is 9.59 Å². The topological polar surface area (TPSA) is 65.7 Å². The quantitative estimate of drug-likeness (QED) is 0.638. The molecule has 19 heavy (non-hydrogen) atoms. The first-order chi connectivity index (χ1) is 9.01. The van der Waals surface area contributed by atoms with E-state index in [1.54, 1.807) is 12.1 Å². The molecule has 0 unspecified atom stereocenters. The standard InChI is InChI=1S/C13H11BrO5/c1-7(15)18-6-10(16)11-4-8-3-9(14)5-12(17-2)13(8)19-11/h3-5H,6H2,1-2H3. The minimum absolute atomic E-state index is 0.132. The van der Waals surface area contributed by atoms with Crippen LogP contribution in [0.15, 0.2) is 27.1 Å². The van der Waals surface area contributed by atoms with Crippen molar-refractivity contribution in [3.8, 4) is 5.75 Å². The normalized spacial score (nSPS) is 10.5. The maximum atomic E-state index is 11.8. The molecule has 0 amide bonds. The number of benzene rings is 1. The van der Waals surface area contributed by atoms with Gasteiger partial charge in [0.2, 0.25) is 5.78 Å². The number of Topliss-reactive ketones (excluding diaryl/α,β-unsaturated/α-hetero) is 1. The molecule has 5 nitrogen and oxygen atoms in total. The van der Waals surface area contributed by atoms with Crippen LogP contribution in [-0.2, 0) is 9.53 Å². The van der Waals surface area contributed by atoms with Crippen LogP contribution in [0.5, 0.6) is 5.75 Å². The summed E-state index contributed by atoms with van der Waals surface area (Å²) in [5.74, 6) is -0.252. The van der Waals surface area contributed by atoms with Gasteiger partial charge < -0.3 is 13.9 Å². The maximum absolute atomic E-state index is 11.8. The van der Waals surface area contributed by atoms with Crippen molar-refractivity contribution < 1.29 is 23.5 Å². The molecule has 0 saturated carbocycles. The number of furan rings is 1. The Hall–Kier alpha value is -1.82. The van der Waals surface area contributed by atoms with Gasteiger partial charge in [0.25, 0.3) is 0 Å². The molecule has 0 radical (unpaired) electrons. The fraction of sp³-hybridized carbons (Fsp3) is 0.231. The summed E-state index contributed by atoms with van der Waals surface area (Å²) >= 11 is 3.34. The van der Waals surface area contributed by atoms with Crippen molar-refractivity contribution in [2.75, 3.05) is 13.7 Å². The van der Waals surface area contributed by atoms with E-state index >= 15 is 0 Å². The SMILES string of the molecule is COc1cc(Br)cc2cc(C(=O)COC(C)=O)oc12. The van der Waals surface area contributed by atoms with Crippen molar-refractivity contribution in [3.05, 3.63) is 28.4 Å². The Balaban J connectivity index is 2.36. The number of fused-ring (bicyclic) bond motifs is 1. The van der Waals surface area contributed by atoms with Gasteiger partial charge in [-0.25, -0.2) is 0 Å². The van der Waals surface area contributed by atoms with Crippen LogP contribution < -0.4 is 4.74 Å². The zero-order valence-corrected chi connectivity index (χ0v) is 11.9. The third-order valence-electron chi connectivity index (χ3n) is 2.45. The first-order valence-corrected chi connectivity index (χ1v) is 6.24. The predicted molar refractivity (Wildman–Crippen MR) is 71.4 cm³/mol. The molecule has 1 aromatic heterocycles. The van der Waals surface area contributed by atoms with Crippen LogP contribution in [0.1, 0.15) is 17.5 Å². The molecule has 6 heteroatoms. The van der Waals surface area contributed by atoms with Gasteiger partial charge in [0.05, 0.1) is 7.11 Å². The number of ether oxygens (including phenoxy) is 2. The summed E-state index contributed by atoms with van der Waals surface area (Å²) in [7, 11) is 1.52. The zero-order chi connectivity index (χ0) is 14.0. The van der Waals surface area contributed by atoms with Crippen LogP contribution in [0.4, 0.5) is 0 Å². The molecule has 0 N–H and O–H groups in total. The Morgan fingerprint density at radius 3 is 2.68 bits per heavy atom. The largest absolute Gasteiger partial charge is 0.493 e. The smallest absolute Gasteiger partial charge is 0.303 e. The second-order valence-corrected chi connectivity index (χ2v) is 4.76. The highest BCUT2D eigenvalue weighted by atomic mass is 79.9. The van der Waals surface area contributed by atoms with E-state index in [1.807, 2.05) is 6.07 Å². The fourth-order valence-corrected chi connectivity index (χ4v) is 2.07. The first kappa shape index (κ1) is 13.6. The maximum Gasteiger partial charge on any atom is 0.303 e. The van der Waals surface area contributed by atoms with Crippen molar-refractivity contribution in [3.63, 3.8) is 0 Å². The lowest BCUT2D eigenvalue weighted by Crippen LogP contribution is -2.10. The molecule has 0 fully saturated rings. The molecule has 2 rings (SSSR count). The molecule has 0 saturated heterocycles. The van der Waals surface area contributed by atoms with Crippen molar-refractivity contribution in [1.29, 1.82) is 0 Å². The molecule has 0 atom stereocenters. The van der Waals surface area contributed by atoms with Gasteiger partial charge in [0.15, 0.2) is 23.7 Å². The Morgan fingerprint density at radius 2 is 2.05 bits per heavy atom. The molecule has 1 aromatic carbocycles. The summed E-state index contributed by atoms with van der Waals surface area (Å²) in [5.41, 5.74) is 0.483. The van der Waals surface area contributed by atoms with Crippen molar-refractivity contribution >= 4 is 38.7 Å². The summed E-state index contributed by atoms with van der Waals surface area (Å²) in [4.78, 5) is 22.4. The third-order valence-corrected chi connectivity index (χ3v) is 2.91. The van der Waals surface area contributed by atoms with Gasteiger partial charge in [-0.2, -0.15) is 0 Å². The summed E-state index contributed by atoms with van der Waals surface area (Å²) in [6, 6.07) is 5.14. The van der Waals surface area contributed by atoms with E-state index < -0.39 is 11.8 Å². The first-order valence-electron chi connectivity index (χ1n) is 5.45. The summed E-state index contributed by atoms with van der Waals surface area (Å²) in [5, 5.41) is 0.734. The molecular weight excluding hydrogens is 316 g/mol. The Morgan fingerprint density at radius 1 is 1.32 bits per heavy atom. The number of carbonyl (C=O) groups is 2. The van der Waals surface area contributed by atoms with Gasteiger partial charge in [0.1, 0.15) is 0 Å². The Kier molecular flexibility index (Phi) is 3.90. The van der Waals surface area contributed by atoms with E-state index in [4.69, 9.17) is 9.15 Å². The van der Waals surface area contributed by atoms with Crippen molar-refractivity contribution in [2.24, 2.45) is 0 Å². The number of ketones is 1. The average molecular weight is 327 g/mol. The van der Waals surface area contributed by atoms with Crippen LogP contribution in [0, 0.1) is 0 Å². The van der Waals surface area contributed by atoms with Crippen molar-refractivity contribution in [1.82, 2.24) is 0 Å². The van der Waals surface area contributed by atoms with Gasteiger partial charge in [-0.1, -0.05) is 15.9 Å². The van der Waals surface area contributed by atoms with E-state index in [-0.39, 0.29) is 12.4 Å².